The lowest BCUT2D eigenvalue weighted by Gasteiger charge is -2.27. The molecule has 0 amide bonds. The highest BCUT2D eigenvalue weighted by Gasteiger charge is 2.47. The number of carbonyl (C=O) groups excluding carboxylic acids is 1. The number of alkyl halides is 3. The summed E-state index contributed by atoms with van der Waals surface area (Å²) in [4.78, 5) is 10.5. The third-order valence-electron chi connectivity index (χ3n) is 1.79. The Labute approximate surface area is 76.7 Å². The van der Waals surface area contributed by atoms with Gasteiger partial charge in [-0.05, 0) is 0 Å². The molecule has 0 bridgehead atoms. The molecule has 0 aromatic carbocycles. The molecule has 0 saturated heterocycles. The highest BCUT2D eigenvalue weighted by Crippen LogP contribution is 2.28. The molecule has 0 aliphatic carbocycles. The number of aliphatic carboxylic acids is 1. The molecule has 0 aromatic rings. The lowest BCUT2D eigenvalue weighted by Crippen LogP contribution is -2.55. The van der Waals surface area contributed by atoms with Crippen molar-refractivity contribution in [1.29, 1.82) is 0 Å². The molecule has 1 rings (SSSR count). The zero-order valence-corrected chi connectivity index (χ0v) is 7.04. The fourth-order valence-corrected chi connectivity index (χ4v) is 0.940. The average Bonchev–Trinajstić information content (AvgIpc) is 2.47. The molecule has 1 heterocycles. The van der Waals surface area contributed by atoms with Crippen molar-refractivity contribution in [2.75, 3.05) is 13.7 Å². The number of rotatable bonds is 2. The first-order valence-electron chi connectivity index (χ1n) is 3.48. The van der Waals surface area contributed by atoms with Gasteiger partial charge in [-0.3, -0.25) is 0 Å². The number of hydrogen-bond acceptors (Lipinski definition) is 5. The van der Waals surface area contributed by atoms with Crippen molar-refractivity contribution in [1.82, 2.24) is 5.01 Å². The fraction of sp³-hybridized carbons (Fsp3) is 0.667. The zero-order chi connectivity index (χ0) is 11.0. The van der Waals surface area contributed by atoms with Crippen LogP contribution in [0.25, 0.3) is 0 Å². The lowest BCUT2D eigenvalue weighted by atomic mass is 10.1. The number of nitrogens with zero attached hydrogens (tertiary/aromatic N) is 2. The van der Waals surface area contributed by atoms with Gasteiger partial charge in [-0.1, -0.05) is 0 Å². The summed E-state index contributed by atoms with van der Waals surface area (Å²) in [5.41, 5.74) is -2.12. The smallest absolute Gasteiger partial charge is 0.500 e. The van der Waals surface area contributed by atoms with Gasteiger partial charge in [0.25, 0.3) is 0 Å². The van der Waals surface area contributed by atoms with Crippen molar-refractivity contribution in [2.24, 2.45) is 5.10 Å². The second-order valence-corrected chi connectivity index (χ2v) is 2.65. The molecule has 0 N–H and O–H groups in total. The van der Waals surface area contributed by atoms with Gasteiger partial charge in [0.1, 0.15) is 0 Å². The molecule has 1 atom stereocenters. The highest BCUT2D eigenvalue weighted by atomic mass is 19.4. The Balaban J connectivity index is 2.84. The summed E-state index contributed by atoms with van der Waals surface area (Å²) >= 11 is 0. The molecule has 1 aliphatic rings. The summed E-state index contributed by atoms with van der Waals surface area (Å²) in [6.45, 7) is -0.935. The van der Waals surface area contributed by atoms with E-state index in [1.807, 2.05) is 0 Å². The second kappa shape index (κ2) is 3.12. The first-order chi connectivity index (χ1) is 6.32. The summed E-state index contributed by atoms with van der Waals surface area (Å²) in [5, 5.41) is 13.1. The quantitative estimate of drug-likeness (QED) is 0.546. The molecule has 0 saturated carbocycles. The highest BCUT2D eigenvalue weighted by molar-refractivity contribution is 5.98. The Bertz CT molecular complexity index is 278. The number of carboxylic acid groups (broad SMARTS) is 1. The molecule has 0 fully saturated rings. The molecule has 0 spiro atoms. The maximum Gasteiger partial charge on any atom is 0.500 e. The number of ether oxygens (including phenoxy) is 1. The Hall–Kier alpha value is -1.31. The monoisotopic (exact) mass is 211 g/mol. The summed E-state index contributed by atoms with van der Waals surface area (Å²) in [7, 11) is 0.974. The molecular formula is C6H6F3N2O3-. The Morgan fingerprint density at radius 3 is 2.50 bits per heavy atom. The van der Waals surface area contributed by atoms with Gasteiger partial charge in [0.2, 0.25) is 0 Å². The van der Waals surface area contributed by atoms with Crippen LogP contribution in [-0.4, -0.2) is 42.7 Å². The number of hydrazone groups is 1. The van der Waals surface area contributed by atoms with Gasteiger partial charge in [0.05, 0.1) is 18.7 Å². The molecule has 80 valence electrons. The van der Waals surface area contributed by atoms with Crippen LogP contribution in [0.3, 0.4) is 0 Å². The van der Waals surface area contributed by atoms with Gasteiger partial charge >= 0.3 is 6.30 Å². The van der Waals surface area contributed by atoms with Crippen LogP contribution in [0.15, 0.2) is 5.10 Å². The molecule has 0 radical (unpaired) electrons. The number of hydrogen-bond donors (Lipinski definition) is 0. The topological polar surface area (TPSA) is 65.0 Å². The van der Waals surface area contributed by atoms with Gasteiger partial charge in [0.15, 0.2) is 5.60 Å². The van der Waals surface area contributed by atoms with Crippen LogP contribution >= 0.6 is 0 Å². The molecule has 5 nitrogen and oxygen atoms in total. The summed E-state index contributed by atoms with van der Waals surface area (Å²) in [6.07, 6.45) is -4.15. The number of carboxylic acids is 1. The van der Waals surface area contributed by atoms with Crippen molar-refractivity contribution >= 4 is 12.2 Å². The summed E-state index contributed by atoms with van der Waals surface area (Å²) in [5.74, 6) is -1.75. The van der Waals surface area contributed by atoms with E-state index in [2.05, 4.69) is 9.84 Å². The predicted octanol–water partition coefficient (Wildman–Crippen LogP) is -1.06. The third-order valence-corrected chi connectivity index (χ3v) is 1.79. The minimum Gasteiger partial charge on any atom is -0.546 e. The molecular weight excluding hydrogens is 205 g/mol. The molecule has 8 heteroatoms. The number of halogens is 3. The molecule has 1 unspecified atom stereocenters. The van der Waals surface area contributed by atoms with E-state index in [4.69, 9.17) is 0 Å². The minimum atomic E-state index is -4.72. The van der Waals surface area contributed by atoms with Gasteiger partial charge in [0, 0.05) is 7.11 Å². The van der Waals surface area contributed by atoms with Gasteiger partial charge in [-0.2, -0.15) is 5.10 Å². The molecule has 1 aliphatic heterocycles. The first-order valence-corrected chi connectivity index (χ1v) is 3.48. The maximum absolute atomic E-state index is 12.0. The van der Waals surface area contributed by atoms with E-state index in [1.165, 1.54) is 0 Å². The van der Waals surface area contributed by atoms with E-state index in [0.29, 0.717) is 6.21 Å². The van der Waals surface area contributed by atoms with Crippen LogP contribution in [0.2, 0.25) is 0 Å². The van der Waals surface area contributed by atoms with Crippen LogP contribution in [0, 0.1) is 0 Å². The van der Waals surface area contributed by atoms with E-state index in [0.717, 1.165) is 7.11 Å². The molecule has 0 aromatic heterocycles. The second-order valence-electron chi connectivity index (χ2n) is 2.65. The van der Waals surface area contributed by atoms with Crippen molar-refractivity contribution in [3.05, 3.63) is 0 Å². The van der Waals surface area contributed by atoms with Gasteiger partial charge in [-0.25, -0.2) is 5.01 Å². The Morgan fingerprint density at radius 1 is 1.71 bits per heavy atom. The lowest BCUT2D eigenvalue weighted by molar-refractivity contribution is -0.323. The Kier molecular flexibility index (Phi) is 2.40. The first kappa shape index (κ1) is 10.8. The van der Waals surface area contributed by atoms with Crippen molar-refractivity contribution in [3.8, 4) is 0 Å². The van der Waals surface area contributed by atoms with Crippen LogP contribution in [0.1, 0.15) is 0 Å². The standard InChI is InChI=1S/C6H7F3N2O3/c1-14-5(4(12)13)2-10-11(3-5)6(7,8)9/h2H,3H2,1H3,(H,12,13)/p-1. The summed E-state index contributed by atoms with van der Waals surface area (Å²) < 4.78 is 40.6. The average molecular weight is 211 g/mol. The fourth-order valence-electron chi connectivity index (χ4n) is 0.940. The van der Waals surface area contributed by atoms with E-state index >= 15 is 0 Å². The third kappa shape index (κ3) is 1.65. The van der Waals surface area contributed by atoms with Crippen molar-refractivity contribution < 1.29 is 27.8 Å². The maximum atomic E-state index is 12.0. The number of methoxy groups -OCH3 is 1. The van der Waals surface area contributed by atoms with Crippen LogP contribution in [0.4, 0.5) is 13.2 Å². The van der Waals surface area contributed by atoms with Gasteiger partial charge < -0.3 is 14.6 Å². The van der Waals surface area contributed by atoms with E-state index in [9.17, 15) is 23.1 Å². The SMILES string of the molecule is COC1(C(=O)[O-])C=NN(C(F)(F)F)C1. The van der Waals surface area contributed by atoms with E-state index < -0.39 is 24.4 Å². The van der Waals surface area contributed by atoms with Crippen molar-refractivity contribution in [2.45, 2.75) is 11.9 Å². The van der Waals surface area contributed by atoms with Crippen molar-refractivity contribution in [3.63, 3.8) is 0 Å². The van der Waals surface area contributed by atoms with Crippen LogP contribution in [-0.2, 0) is 9.53 Å². The van der Waals surface area contributed by atoms with Crippen LogP contribution in [0.5, 0.6) is 0 Å². The minimum absolute atomic E-state index is 0.327. The van der Waals surface area contributed by atoms with E-state index in [-0.39, 0.29) is 5.01 Å². The zero-order valence-electron chi connectivity index (χ0n) is 7.04. The van der Waals surface area contributed by atoms with Gasteiger partial charge in [-0.15, -0.1) is 13.2 Å². The van der Waals surface area contributed by atoms with Crippen LogP contribution < -0.4 is 5.11 Å². The normalized spacial score (nSPS) is 27.0. The molecule has 14 heavy (non-hydrogen) atoms. The number of carbonyl (C=O) groups is 1. The Morgan fingerprint density at radius 2 is 2.29 bits per heavy atom. The largest absolute Gasteiger partial charge is 0.546 e. The summed E-state index contributed by atoms with van der Waals surface area (Å²) in [6, 6.07) is 0. The predicted molar refractivity (Wildman–Crippen MR) is 36.0 cm³/mol. The van der Waals surface area contributed by atoms with E-state index in [1.54, 1.807) is 0 Å².